The van der Waals surface area contributed by atoms with Crippen LogP contribution in [0.2, 0.25) is 0 Å². The van der Waals surface area contributed by atoms with Crippen LogP contribution in [0, 0.1) is 4.64 Å². The minimum absolute atomic E-state index is 0.382. The van der Waals surface area contributed by atoms with Crippen molar-refractivity contribution in [2.24, 2.45) is 0 Å². The molecule has 0 spiro atoms. The summed E-state index contributed by atoms with van der Waals surface area (Å²) < 4.78 is 6.83. The summed E-state index contributed by atoms with van der Waals surface area (Å²) in [5.41, 5.74) is -0.732. The second kappa shape index (κ2) is 3.75. The van der Waals surface area contributed by atoms with E-state index in [0.717, 1.165) is 0 Å². The van der Waals surface area contributed by atoms with Gasteiger partial charge in [0.15, 0.2) is 5.60 Å². The summed E-state index contributed by atoms with van der Waals surface area (Å²) >= 11 is 4.99. The molecule has 1 aliphatic rings. The Kier molecular flexibility index (Phi) is 2.58. The van der Waals surface area contributed by atoms with Crippen molar-refractivity contribution in [3.05, 3.63) is 29.0 Å². The van der Waals surface area contributed by atoms with Crippen LogP contribution in [-0.2, 0) is 9.53 Å². The molecule has 80 valence electrons. The van der Waals surface area contributed by atoms with E-state index in [4.69, 9.17) is 21.8 Å². The summed E-state index contributed by atoms with van der Waals surface area (Å²) in [4.78, 5) is 16.8. The lowest BCUT2D eigenvalue weighted by molar-refractivity contribution is -0.159. The molecule has 1 aromatic heterocycles. The number of rotatable bonds is 3. The molecule has 5 heteroatoms. The van der Waals surface area contributed by atoms with Gasteiger partial charge in [0.25, 0.3) is 0 Å². The topological polar surface area (TPSA) is 40.5 Å². The standard InChI is InChI=1S/C10H11NO3S/c1-13-10(5-6-10)9(12)14-11-7-3-2-4-8(11)15/h2-4,7H,5-6H2,1H3. The number of methoxy groups -OCH3 is 1. The fraction of sp³-hybridized carbons (Fsp3) is 0.400. The van der Waals surface area contributed by atoms with Crippen LogP contribution in [0.3, 0.4) is 0 Å². The third kappa shape index (κ3) is 1.93. The molecule has 0 radical (unpaired) electrons. The van der Waals surface area contributed by atoms with Crippen molar-refractivity contribution in [2.75, 3.05) is 7.11 Å². The molecular formula is C10H11NO3S. The average molecular weight is 225 g/mol. The number of aromatic nitrogens is 1. The number of carbonyl (C=O) groups is 1. The zero-order chi connectivity index (χ0) is 10.9. The maximum atomic E-state index is 11.7. The van der Waals surface area contributed by atoms with Crippen LogP contribution in [0.15, 0.2) is 24.4 Å². The molecule has 0 N–H and O–H groups in total. The summed E-state index contributed by atoms with van der Waals surface area (Å²) in [7, 11) is 1.51. The van der Waals surface area contributed by atoms with Crippen molar-refractivity contribution in [3.63, 3.8) is 0 Å². The van der Waals surface area contributed by atoms with E-state index in [1.165, 1.54) is 11.8 Å². The van der Waals surface area contributed by atoms with E-state index in [-0.39, 0.29) is 5.97 Å². The van der Waals surface area contributed by atoms with Crippen molar-refractivity contribution >= 4 is 18.2 Å². The number of ether oxygens (including phenoxy) is 1. The predicted molar refractivity (Wildman–Crippen MR) is 55.8 cm³/mol. The maximum Gasteiger partial charge on any atom is 0.364 e. The quantitative estimate of drug-likeness (QED) is 0.728. The summed E-state index contributed by atoms with van der Waals surface area (Å²) in [6.07, 6.45) is 3.02. The molecule has 1 aliphatic carbocycles. The lowest BCUT2D eigenvalue weighted by Crippen LogP contribution is -2.34. The van der Waals surface area contributed by atoms with E-state index in [0.29, 0.717) is 17.5 Å². The molecular weight excluding hydrogens is 214 g/mol. The second-order valence-electron chi connectivity index (χ2n) is 3.44. The van der Waals surface area contributed by atoms with Crippen LogP contribution < -0.4 is 4.84 Å². The van der Waals surface area contributed by atoms with Crippen molar-refractivity contribution < 1.29 is 14.4 Å². The van der Waals surface area contributed by atoms with Crippen LogP contribution in [-0.4, -0.2) is 23.4 Å². The highest BCUT2D eigenvalue weighted by molar-refractivity contribution is 7.71. The molecule has 0 saturated heterocycles. The third-order valence-corrected chi connectivity index (χ3v) is 2.75. The first-order chi connectivity index (χ1) is 7.18. The second-order valence-corrected chi connectivity index (χ2v) is 3.86. The Hall–Kier alpha value is -1.20. The van der Waals surface area contributed by atoms with Gasteiger partial charge in [-0.15, -0.1) is 0 Å². The molecule has 1 saturated carbocycles. The van der Waals surface area contributed by atoms with E-state index in [9.17, 15) is 4.79 Å². The molecule has 15 heavy (non-hydrogen) atoms. The monoisotopic (exact) mass is 225 g/mol. The van der Waals surface area contributed by atoms with Crippen molar-refractivity contribution in [2.45, 2.75) is 18.4 Å². The lowest BCUT2D eigenvalue weighted by atomic mass is 10.3. The highest BCUT2D eigenvalue weighted by atomic mass is 32.1. The number of pyridine rings is 1. The molecule has 1 aromatic rings. The Morgan fingerprint density at radius 3 is 2.80 bits per heavy atom. The lowest BCUT2D eigenvalue weighted by Gasteiger charge is -2.13. The van der Waals surface area contributed by atoms with E-state index < -0.39 is 5.60 Å². The van der Waals surface area contributed by atoms with Crippen molar-refractivity contribution in [3.8, 4) is 0 Å². The van der Waals surface area contributed by atoms with Crippen LogP contribution in [0.25, 0.3) is 0 Å². The minimum Gasteiger partial charge on any atom is -0.366 e. The first-order valence-electron chi connectivity index (χ1n) is 4.63. The van der Waals surface area contributed by atoms with Crippen LogP contribution >= 0.6 is 12.2 Å². The van der Waals surface area contributed by atoms with Gasteiger partial charge in [-0.05, 0) is 25.0 Å². The van der Waals surface area contributed by atoms with Gasteiger partial charge in [0.1, 0.15) is 4.64 Å². The molecule has 1 heterocycles. The normalized spacial score (nSPS) is 17.1. The molecule has 0 aliphatic heterocycles. The summed E-state index contributed by atoms with van der Waals surface area (Å²) in [5, 5.41) is 0. The van der Waals surface area contributed by atoms with Gasteiger partial charge in [-0.25, -0.2) is 4.79 Å². The molecule has 0 atom stereocenters. The van der Waals surface area contributed by atoms with Crippen LogP contribution in [0.5, 0.6) is 0 Å². The van der Waals surface area contributed by atoms with Crippen LogP contribution in [0.1, 0.15) is 12.8 Å². The summed E-state index contributed by atoms with van der Waals surface area (Å²) in [6.45, 7) is 0. The Bertz CT molecular complexity index is 436. The van der Waals surface area contributed by atoms with Gasteiger partial charge in [0.05, 0.1) is 0 Å². The minimum atomic E-state index is -0.732. The van der Waals surface area contributed by atoms with Crippen molar-refractivity contribution in [1.82, 2.24) is 4.73 Å². The summed E-state index contributed by atoms with van der Waals surface area (Å²) in [6, 6.07) is 5.22. The van der Waals surface area contributed by atoms with Gasteiger partial charge >= 0.3 is 5.97 Å². The first kappa shape index (κ1) is 10.3. The van der Waals surface area contributed by atoms with E-state index in [2.05, 4.69) is 0 Å². The highest BCUT2D eigenvalue weighted by Gasteiger charge is 2.52. The Balaban J connectivity index is 2.13. The Labute approximate surface area is 92.4 Å². The van der Waals surface area contributed by atoms with Crippen LogP contribution in [0.4, 0.5) is 0 Å². The number of hydrogen-bond donors (Lipinski definition) is 0. The number of carbonyl (C=O) groups excluding carboxylic acids is 1. The van der Waals surface area contributed by atoms with Crippen molar-refractivity contribution in [1.29, 1.82) is 0 Å². The number of nitrogens with zero attached hydrogens (tertiary/aromatic N) is 1. The number of hydrogen-bond acceptors (Lipinski definition) is 4. The highest BCUT2D eigenvalue weighted by Crippen LogP contribution is 2.39. The van der Waals surface area contributed by atoms with Gasteiger partial charge < -0.3 is 9.57 Å². The zero-order valence-electron chi connectivity index (χ0n) is 8.30. The third-order valence-electron chi connectivity index (χ3n) is 2.44. The Morgan fingerprint density at radius 1 is 1.53 bits per heavy atom. The van der Waals surface area contributed by atoms with Gasteiger partial charge in [0, 0.05) is 13.3 Å². The van der Waals surface area contributed by atoms with Gasteiger partial charge in [-0.2, -0.15) is 4.73 Å². The van der Waals surface area contributed by atoms with E-state index >= 15 is 0 Å². The van der Waals surface area contributed by atoms with Gasteiger partial charge in [0.2, 0.25) is 0 Å². The van der Waals surface area contributed by atoms with E-state index in [1.807, 2.05) is 0 Å². The fourth-order valence-electron chi connectivity index (χ4n) is 1.27. The maximum absolute atomic E-state index is 11.7. The molecule has 0 aromatic carbocycles. The molecule has 4 nitrogen and oxygen atoms in total. The molecule has 0 bridgehead atoms. The molecule has 2 rings (SSSR count). The first-order valence-corrected chi connectivity index (χ1v) is 5.04. The Morgan fingerprint density at radius 2 is 2.27 bits per heavy atom. The largest absolute Gasteiger partial charge is 0.366 e. The predicted octanol–water partition coefficient (Wildman–Crippen LogP) is 1.35. The summed E-state index contributed by atoms with van der Waals surface area (Å²) in [5.74, 6) is -0.382. The van der Waals surface area contributed by atoms with E-state index in [1.54, 1.807) is 24.4 Å². The smallest absolute Gasteiger partial charge is 0.364 e. The fourth-order valence-corrected chi connectivity index (χ4v) is 1.44. The zero-order valence-corrected chi connectivity index (χ0v) is 9.12. The average Bonchev–Trinajstić information content (AvgIpc) is 3.02. The van der Waals surface area contributed by atoms with Gasteiger partial charge in [-0.1, -0.05) is 18.3 Å². The molecule has 1 fully saturated rings. The van der Waals surface area contributed by atoms with Gasteiger partial charge in [-0.3, -0.25) is 0 Å². The SMILES string of the molecule is COC1(C(=O)On2ccccc2=S)CC1. The molecule has 0 unspecified atom stereocenters. The molecule has 0 amide bonds.